The average Bonchev–Trinajstić information content (AvgIpc) is 3.01. The minimum atomic E-state index is 0.0956. The number of nitrogens with zero attached hydrogens (tertiary/aromatic N) is 3. The highest BCUT2D eigenvalue weighted by Gasteiger charge is 2.26. The number of rotatable bonds is 8. The number of anilines is 1. The van der Waals surface area contributed by atoms with Gasteiger partial charge in [0.1, 0.15) is 23.6 Å². The standard InChI is InChI=1S/C27H35BClN5/c1-5-19(2)10-13-25-30-16-14-26(33-25)31-20(3)34-17-7-15-28(4)23-11-12-24(32-27(23)34)21-8-6-9-22(29)18-21/h6,8-9,11-12,14,16,18-19,25,31,33H,3,5,7,10,13,15,17H2,1-2,4H3. The Balaban J connectivity index is 1.53. The van der Waals surface area contributed by atoms with Gasteiger partial charge in [0.15, 0.2) is 6.71 Å². The van der Waals surface area contributed by atoms with E-state index in [1.807, 2.05) is 36.6 Å². The monoisotopic (exact) mass is 475 g/mol. The van der Waals surface area contributed by atoms with Crippen molar-refractivity contribution < 1.29 is 0 Å². The first-order valence-corrected chi connectivity index (χ1v) is 12.8. The molecule has 1 aromatic carbocycles. The number of benzene rings is 1. The van der Waals surface area contributed by atoms with E-state index in [4.69, 9.17) is 16.6 Å². The van der Waals surface area contributed by atoms with Gasteiger partial charge in [0.05, 0.1) is 5.69 Å². The van der Waals surface area contributed by atoms with E-state index in [-0.39, 0.29) is 6.17 Å². The third-order valence-electron chi connectivity index (χ3n) is 6.90. The number of nitrogens with one attached hydrogen (secondary N) is 2. The zero-order valence-corrected chi connectivity index (χ0v) is 21.3. The molecular formula is C27H35BClN5. The molecule has 0 fully saturated rings. The summed E-state index contributed by atoms with van der Waals surface area (Å²) in [4.78, 5) is 11.9. The van der Waals surface area contributed by atoms with Crippen LogP contribution in [0.25, 0.3) is 11.3 Å². The van der Waals surface area contributed by atoms with Crippen molar-refractivity contribution in [3.05, 3.63) is 65.7 Å². The SMILES string of the molecule is C=C(NC1=CC=NC(CCC(C)CC)N1)N1CCCB(C)c2ccc(-c3cccc(Cl)c3)nc21. The molecule has 1 aromatic heterocycles. The van der Waals surface area contributed by atoms with E-state index in [1.54, 1.807) is 0 Å². The van der Waals surface area contributed by atoms with Crippen molar-refractivity contribution in [2.45, 2.75) is 58.8 Å². The molecule has 2 unspecified atom stereocenters. The van der Waals surface area contributed by atoms with Crippen molar-refractivity contribution in [2.75, 3.05) is 11.4 Å². The summed E-state index contributed by atoms with van der Waals surface area (Å²) >= 11 is 6.25. The van der Waals surface area contributed by atoms with Crippen LogP contribution in [0.2, 0.25) is 18.2 Å². The lowest BCUT2D eigenvalue weighted by molar-refractivity contribution is 0.430. The summed E-state index contributed by atoms with van der Waals surface area (Å²) in [6.07, 6.45) is 9.54. The molecule has 0 spiro atoms. The predicted octanol–water partition coefficient (Wildman–Crippen LogP) is 5.67. The maximum atomic E-state index is 6.25. The highest BCUT2D eigenvalue weighted by atomic mass is 35.5. The topological polar surface area (TPSA) is 52.6 Å². The zero-order valence-electron chi connectivity index (χ0n) is 20.5. The van der Waals surface area contributed by atoms with E-state index in [9.17, 15) is 0 Å². The van der Waals surface area contributed by atoms with Gasteiger partial charge in [0.25, 0.3) is 0 Å². The molecule has 178 valence electrons. The molecule has 34 heavy (non-hydrogen) atoms. The van der Waals surface area contributed by atoms with E-state index in [2.05, 4.69) is 59.9 Å². The van der Waals surface area contributed by atoms with Crippen LogP contribution in [-0.4, -0.2) is 30.6 Å². The van der Waals surface area contributed by atoms with Gasteiger partial charge in [-0.15, -0.1) is 0 Å². The van der Waals surface area contributed by atoms with Gasteiger partial charge in [-0.25, -0.2) is 4.98 Å². The Hall–Kier alpha value is -2.73. The van der Waals surface area contributed by atoms with Gasteiger partial charge in [-0.05, 0) is 54.9 Å². The number of hydrogen-bond acceptors (Lipinski definition) is 5. The molecule has 5 nitrogen and oxygen atoms in total. The molecule has 2 aliphatic heterocycles. The Bertz CT molecular complexity index is 1080. The summed E-state index contributed by atoms with van der Waals surface area (Å²) in [6.45, 7) is 12.5. The Kier molecular flexibility index (Phi) is 7.99. The summed E-state index contributed by atoms with van der Waals surface area (Å²) < 4.78 is 0. The fourth-order valence-corrected chi connectivity index (χ4v) is 4.72. The average molecular weight is 476 g/mol. The lowest BCUT2D eigenvalue weighted by atomic mass is 9.44. The molecule has 0 saturated heterocycles. The molecule has 2 atom stereocenters. The normalized spacial score (nSPS) is 18.5. The van der Waals surface area contributed by atoms with Gasteiger partial charge in [0.2, 0.25) is 0 Å². The van der Waals surface area contributed by atoms with Crippen molar-refractivity contribution in [1.82, 2.24) is 15.6 Å². The number of fused-ring (bicyclic) bond motifs is 1. The lowest BCUT2D eigenvalue weighted by Gasteiger charge is -2.30. The van der Waals surface area contributed by atoms with Crippen LogP contribution in [0.4, 0.5) is 5.82 Å². The number of allylic oxidation sites excluding steroid dienone is 1. The number of hydrogen-bond donors (Lipinski definition) is 2. The van der Waals surface area contributed by atoms with Gasteiger partial charge in [0, 0.05) is 23.3 Å². The number of aliphatic imine (C=N–C) groups is 1. The molecule has 4 rings (SSSR count). The van der Waals surface area contributed by atoms with E-state index in [0.29, 0.717) is 17.7 Å². The number of halogens is 1. The Morgan fingerprint density at radius 1 is 1.35 bits per heavy atom. The molecular weight excluding hydrogens is 441 g/mol. The van der Waals surface area contributed by atoms with Gasteiger partial charge in [-0.2, -0.15) is 0 Å². The van der Waals surface area contributed by atoms with Crippen LogP contribution in [0.15, 0.2) is 65.7 Å². The maximum absolute atomic E-state index is 6.25. The molecule has 2 N–H and O–H groups in total. The van der Waals surface area contributed by atoms with E-state index >= 15 is 0 Å². The largest absolute Gasteiger partial charge is 0.350 e. The Morgan fingerprint density at radius 2 is 2.21 bits per heavy atom. The summed E-state index contributed by atoms with van der Waals surface area (Å²) in [6, 6.07) is 12.2. The highest BCUT2D eigenvalue weighted by molar-refractivity contribution is 6.73. The second-order valence-electron chi connectivity index (χ2n) is 9.52. The molecule has 0 radical (unpaired) electrons. The first kappa shape index (κ1) is 24.4. The van der Waals surface area contributed by atoms with Crippen LogP contribution in [0.5, 0.6) is 0 Å². The molecule has 0 amide bonds. The lowest BCUT2D eigenvalue weighted by Crippen LogP contribution is -2.41. The predicted molar refractivity (Wildman–Crippen MR) is 147 cm³/mol. The quantitative estimate of drug-likeness (QED) is 0.483. The molecule has 7 heteroatoms. The van der Waals surface area contributed by atoms with Crippen LogP contribution >= 0.6 is 11.6 Å². The van der Waals surface area contributed by atoms with Crippen LogP contribution in [0.3, 0.4) is 0 Å². The van der Waals surface area contributed by atoms with Crippen molar-refractivity contribution in [3.8, 4) is 11.3 Å². The van der Waals surface area contributed by atoms with Crippen molar-refractivity contribution in [1.29, 1.82) is 0 Å². The number of aromatic nitrogens is 1. The first-order chi connectivity index (χ1) is 16.4. The molecule has 0 aliphatic carbocycles. The first-order valence-electron chi connectivity index (χ1n) is 12.4. The highest BCUT2D eigenvalue weighted by Crippen LogP contribution is 2.26. The van der Waals surface area contributed by atoms with Crippen molar-refractivity contribution in [2.24, 2.45) is 10.9 Å². The Morgan fingerprint density at radius 3 is 3.00 bits per heavy atom. The second kappa shape index (κ2) is 11.1. The zero-order chi connectivity index (χ0) is 24.1. The summed E-state index contributed by atoms with van der Waals surface area (Å²) in [5.74, 6) is 3.43. The van der Waals surface area contributed by atoms with Gasteiger partial charge in [-0.3, -0.25) is 4.99 Å². The van der Waals surface area contributed by atoms with Crippen LogP contribution in [-0.2, 0) is 0 Å². The molecule has 0 saturated carbocycles. The summed E-state index contributed by atoms with van der Waals surface area (Å²) in [5.41, 5.74) is 3.19. The van der Waals surface area contributed by atoms with Gasteiger partial charge >= 0.3 is 0 Å². The molecule has 3 heterocycles. The van der Waals surface area contributed by atoms with Crippen molar-refractivity contribution >= 4 is 35.8 Å². The van der Waals surface area contributed by atoms with Crippen LogP contribution in [0, 0.1) is 5.92 Å². The third kappa shape index (κ3) is 5.85. The van der Waals surface area contributed by atoms with Gasteiger partial charge < -0.3 is 15.5 Å². The van der Waals surface area contributed by atoms with Crippen LogP contribution in [0.1, 0.15) is 39.5 Å². The van der Waals surface area contributed by atoms with Crippen molar-refractivity contribution in [3.63, 3.8) is 0 Å². The summed E-state index contributed by atoms with van der Waals surface area (Å²) in [5, 5.41) is 7.74. The summed E-state index contributed by atoms with van der Waals surface area (Å²) in [7, 11) is 0. The molecule has 2 aliphatic rings. The van der Waals surface area contributed by atoms with Crippen LogP contribution < -0.4 is 21.0 Å². The number of pyridine rings is 1. The van der Waals surface area contributed by atoms with E-state index in [0.717, 1.165) is 60.8 Å². The minimum absolute atomic E-state index is 0.0956. The smallest absolute Gasteiger partial charge is 0.177 e. The fourth-order valence-electron chi connectivity index (χ4n) is 4.53. The molecule has 2 aromatic rings. The maximum Gasteiger partial charge on any atom is 0.177 e. The minimum Gasteiger partial charge on any atom is -0.350 e. The third-order valence-corrected chi connectivity index (χ3v) is 7.13. The van der Waals surface area contributed by atoms with Gasteiger partial charge in [-0.1, -0.05) is 69.8 Å². The Labute approximate surface area is 209 Å². The second-order valence-corrected chi connectivity index (χ2v) is 9.95. The fraction of sp³-hybridized carbons (Fsp3) is 0.407. The van der Waals surface area contributed by atoms with E-state index in [1.165, 1.54) is 11.9 Å². The van der Waals surface area contributed by atoms with E-state index < -0.39 is 0 Å². The molecule has 0 bridgehead atoms.